The molecule has 0 bridgehead atoms. The van der Waals surface area contributed by atoms with E-state index in [4.69, 9.17) is 4.52 Å². The smallest absolute Gasteiger partial charge is 0.193 e. The van der Waals surface area contributed by atoms with Crippen LogP contribution in [-0.4, -0.2) is 79.6 Å². The van der Waals surface area contributed by atoms with E-state index in [0.717, 1.165) is 44.4 Å². The van der Waals surface area contributed by atoms with Crippen LogP contribution in [0.25, 0.3) is 0 Å². The van der Waals surface area contributed by atoms with E-state index >= 15 is 0 Å². The summed E-state index contributed by atoms with van der Waals surface area (Å²) in [5.41, 5.74) is 0.934. The monoisotopic (exact) mass is 499 g/mol. The third-order valence-electron chi connectivity index (χ3n) is 4.35. The van der Waals surface area contributed by atoms with Crippen LogP contribution in [0, 0.1) is 0 Å². The predicted molar refractivity (Wildman–Crippen MR) is 114 cm³/mol. The van der Waals surface area contributed by atoms with Gasteiger partial charge >= 0.3 is 0 Å². The third-order valence-corrected chi connectivity index (χ3v) is 6.96. The van der Waals surface area contributed by atoms with Crippen LogP contribution in [0.5, 0.6) is 0 Å². The quantitative estimate of drug-likeness (QED) is 0.370. The van der Waals surface area contributed by atoms with E-state index in [2.05, 4.69) is 25.3 Å². The number of aromatic nitrogens is 1. The molecule has 0 saturated carbocycles. The lowest BCUT2D eigenvalue weighted by molar-refractivity contribution is 0.169. The second kappa shape index (κ2) is 9.88. The number of sulfone groups is 1. The second-order valence-electron chi connectivity index (χ2n) is 7.16. The van der Waals surface area contributed by atoms with Gasteiger partial charge in [-0.1, -0.05) is 5.16 Å². The molecule has 1 aromatic heterocycles. The maximum Gasteiger partial charge on any atom is 0.193 e. The Hall–Kier alpha value is -0.880. The van der Waals surface area contributed by atoms with E-state index in [-0.39, 0.29) is 29.7 Å². The molecule has 0 spiro atoms. The van der Waals surface area contributed by atoms with Crippen molar-refractivity contribution in [3.05, 3.63) is 18.0 Å². The van der Waals surface area contributed by atoms with Crippen molar-refractivity contribution in [1.82, 2.24) is 20.3 Å². The van der Waals surface area contributed by atoms with Crippen molar-refractivity contribution in [3.8, 4) is 0 Å². The lowest BCUT2D eigenvalue weighted by Crippen LogP contribution is -2.52. The van der Waals surface area contributed by atoms with E-state index in [1.54, 1.807) is 34.1 Å². The van der Waals surface area contributed by atoms with Crippen LogP contribution < -0.4 is 5.32 Å². The molecule has 150 valence electrons. The van der Waals surface area contributed by atoms with Crippen molar-refractivity contribution in [2.24, 2.45) is 4.99 Å². The fraction of sp³-hybridized carbons (Fsp3) is 0.750. The van der Waals surface area contributed by atoms with Gasteiger partial charge in [0.05, 0.1) is 16.2 Å². The standard InChI is InChI=1S/C16H29N5O3S.HI/c1-16(2,3)25(22,23)12-6-18-15(17-4)21-9-7-20(8-10-21)13-14-5-11-24-19-14;/h5,11H,6-10,12-13H2,1-4H3,(H,17,18);1H. The Morgan fingerprint density at radius 3 is 2.46 bits per heavy atom. The molecule has 0 unspecified atom stereocenters. The van der Waals surface area contributed by atoms with E-state index in [9.17, 15) is 8.42 Å². The molecule has 1 aliphatic heterocycles. The summed E-state index contributed by atoms with van der Waals surface area (Å²) in [5, 5.41) is 7.12. The number of hydrogen-bond acceptors (Lipinski definition) is 6. The number of halogens is 1. The number of hydrogen-bond donors (Lipinski definition) is 1. The van der Waals surface area contributed by atoms with Gasteiger partial charge in [0.1, 0.15) is 6.26 Å². The molecular weight excluding hydrogens is 469 g/mol. The average molecular weight is 499 g/mol. The topological polar surface area (TPSA) is 91.0 Å². The molecule has 8 nitrogen and oxygen atoms in total. The first kappa shape index (κ1) is 23.2. The Morgan fingerprint density at radius 2 is 1.96 bits per heavy atom. The Bertz CT molecular complexity index is 663. The van der Waals surface area contributed by atoms with E-state index in [1.807, 2.05) is 6.07 Å². The van der Waals surface area contributed by atoms with Crippen LogP contribution in [0.2, 0.25) is 0 Å². The highest BCUT2D eigenvalue weighted by Crippen LogP contribution is 2.15. The van der Waals surface area contributed by atoms with Crippen molar-refractivity contribution >= 4 is 39.8 Å². The average Bonchev–Trinajstić information content (AvgIpc) is 3.04. The molecule has 1 fully saturated rings. The first-order chi connectivity index (χ1) is 11.7. The largest absolute Gasteiger partial charge is 0.364 e. The van der Waals surface area contributed by atoms with Gasteiger partial charge in [0.2, 0.25) is 0 Å². The molecule has 1 N–H and O–H groups in total. The minimum Gasteiger partial charge on any atom is -0.364 e. The van der Waals surface area contributed by atoms with Crippen LogP contribution >= 0.6 is 24.0 Å². The van der Waals surface area contributed by atoms with Gasteiger partial charge in [0.15, 0.2) is 15.8 Å². The summed E-state index contributed by atoms with van der Waals surface area (Å²) < 4.78 is 28.5. The van der Waals surface area contributed by atoms with Gasteiger partial charge in [-0.2, -0.15) is 0 Å². The van der Waals surface area contributed by atoms with Crippen LogP contribution in [0.1, 0.15) is 26.5 Å². The Balaban J connectivity index is 0.00000338. The maximum absolute atomic E-state index is 12.2. The van der Waals surface area contributed by atoms with Gasteiger partial charge in [-0.15, -0.1) is 24.0 Å². The fourth-order valence-corrected chi connectivity index (χ4v) is 3.58. The predicted octanol–water partition coefficient (Wildman–Crippen LogP) is 1.20. The molecule has 0 amide bonds. The van der Waals surface area contributed by atoms with Crippen LogP contribution in [0.15, 0.2) is 21.8 Å². The zero-order valence-electron chi connectivity index (χ0n) is 15.9. The van der Waals surface area contributed by atoms with Crippen molar-refractivity contribution in [2.75, 3.05) is 45.5 Å². The van der Waals surface area contributed by atoms with Gasteiger partial charge in [-0.05, 0) is 20.8 Å². The van der Waals surface area contributed by atoms with E-state index in [0.29, 0.717) is 6.54 Å². The number of rotatable bonds is 5. The number of nitrogens with one attached hydrogen (secondary N) is 1. The molecule has 10 heteroatoms. The van der Waals surface area contributed by atoms with Crippen molar-refractivity contribution in [1.29, 1.82) is 0 Å². The maximum atomic E-state index is 12.2. The summed E-state index contributed by atoms with van der Waals surface area (Å²) in [7, 11) is -1.41. The Morgan fingerprint density at radius 1 is 1.31 bits per heavy atom. The molecule has 1 aliphatic rings. The lowest BCUT2D eigenvalue weighted by atomic mass is 10.3. The number of nitrogens with zero attached hydrogens (tertiary/aromatic N) is 4. The van der Waals surface area contributed by atoms with Crippen LogP contribution in [-0.2, 0) is 16.4 Å². The molecule has 0 aromatic carbocycles. The summed E-state index contributed by atoms with van der Waals surface area (Å²) >= 11 is 0. The van der Waals surface area contributed by atoms with Crippen LogP contribution in [0.3, 0.4) is 0 Å². The van der Waals surface area contributed by atoms with Crippen molar-refractivity contribution in [3.63, 3.8) is 0 Å². The van der Waals surface area contributed by atoms with E-state index in [1.165, 1.54) is 0 Å². The summed E-state index contributed by atoms with van der Waals surface area (Å²) in [6.07, 6.45) is 1.59. The van der Waals surface area contributed by atoms with Crippen molar-refractivity contribution < 1.29 is 12.9 Å². The van der Waals surface area contributed by atoms with Gasteiger partial charge in [-0.3, -0.25) is 9.89 Å². The van der Waals surface area contributed by atoms with Gasteiger partial charge in [0, 0.05) is 52.4 Å². The normalized spacial score (nSPS) is 17.1. The third kappa shape index (κ3) is 6.38. The summed E-state index contributed by atoms with van der Waals surface area (Å²) in [6, 6.07) is 1.88. The fourth-order valence-electron chi connectivity index (χ4n) is 2.60. The zero-order valence-corrected chi connectivity index (χ0v) is 19.1. The molecule has 0 atom stereocenters. The molecule has 1 aromatic rings. The molecule has 0 aliphatic carbocycles. The molecule has 1 saturated heterocycles. The number of piperazine rings is 1. The zero-order chi connectivity index (χ0) is 18.5. The molecular formula is C16H30IN5O3S. The summed E-state index contributed by atoms with van der Waals surface area (Å²) in [5.74, 6) is 0.854. The van der Waals surface area contributed by atoms with E-state index < -0.39 is 14.6 Å². The van der Waals surface area contributed by atoms with Gasteiger partial charge in [-0.25, -0.2) is 8.42 Å². The first-order valence-electron chi connectivity index (χ1n) is 8.52. The minimum atomic E-state index is -3.13. The first-order valence-corrected chi connectivity index (χ1v) is 10.2. The highest BCUT2D eigenvalue weighted by atomic mass is 127. The summed E-state index contributed by atoms with van der Waals surface area (Å²) in [6.45, 7) is 9.79. The number of aliphatic imine (C=N–C) groups is 1. The highest BCUT2D eigenvalue weighted by Gasteiger charge is 2.28. The van der Waals surface area contributed by atoms with Gasteiger partial charge < -0.3 is 14.7 Å². The van der Waals surface area contributed by atoms with Crippen molar-refractivity contribution in [2.45, 2.75) is 32.1 Å². The second-order valence-corrected chi connectivity index (χ2v) is 10.0. The van der Waals surface area contributed by atoms with Crippen LogP contribution in [0.4, 0.5) is 0 Å². The Kier molecular flexibility index (Phi) is 8.80. The molecule has 0 radical (unpaired) electrons. The summed E-state index contributed by atoms with van der Waals surface area (Å²) in [4.78, 5) is 8.75. The highest BCUT2D eigenvalue weighted by molar-refractivity contribution is 14.0. The minimum absolute atomic E-state index is 0. The molecule has 26 heavy (non-hydrogen) atoms. The number of guanidine groups is 1. The SMILES string of the molecule is CN=C(NCCS(=O)(=O)C(C)(C)C)N1CCN(Cc2ccon2)CC1.I. The molecule has 2 rings (SSSR count). The van der Waals surface area contributed by atoms with Gasteiger partial charge in [0.25, 0.3) is 0 Å². The lowest BCUT2D eigenvalue weighted by Gasteiger charge is -2.36. The Labute approximate surface area is 173 Å². The molecule has 2 heterocycles.